The van der Waals surface area contributed by atoms with Gasteiger partial charge in [0.2, 0.25) is 0 Å². The van der Waals surface area contributed by atoms with Crippen LogP contribution >= 0.6 is 11.3 Å². The van der Waals surface area contributed by atoms with Gasteiger partial charge in [0.05, 0.1) is 11.6 Å². The number of thiophene rings is 1. The minimum absolute atomic E-state index is 0.0838. The molecule has 4 aromatic rings. The van der Waals surface area contributed by atoms with Crippen LogP contribution < -0.4 is 5.32 Å². The highest BCUT2D eigenvalue weighted by atomic mass is 32.1. The van der Waals surface area contributed by atoms with Crippen LogP contribution in [-0.4, -0.2) is 52.0 Å². The van der Waals surface area contributed by atoms with Gasteiger partial charge < -0.3 is 19.7 Å². The van der Waals surface area contributed by atoms with E-state index < -0.39 is 0 Å². The Hall–Kier alpha value is -4.16. The van der Waals surface area contributed by atoms with Gasteiger partial charge in [0.1, 0.15) is 16.3 Å². The van der Waals surface area contributed by atoms with E-state index in [1.165, 1.54) is 12.1 Å². The molecule has 1 fully saturated rings. The van der Waals surface area contributed by atoms with Gasteiger partial charge in [0.15, 0.2) is 0 Å². The summed E-state index contributed by atoms with van der Waals surface area (Å²) >= 11 is 1.57. The molecule has 36 heavy (non-hydrogen) atoms. The summed E-state index contributed by atoms with van der Waals surface area (Å²) in [7, 11) is 0. The average Bonchev–Trinajstić information content (AvgIpc) is 3.48. The summed E-state index contributed by atoms with van der Waals surface area (Å²) in [5.74, 6) is -0.376. The van der Waals surface area contributed by atoms with Crippen molar-refractivity contribution in [3.05, 3.63) is 88.7 Å². The predicted molar refractivity (Wildman–Crippen MR) is 138 cm³/mol. The number of benzene rings is 2. The fourth-order valence-electron chi connectivity index (χ4n) is 4.51. The first kappa shape index (κ1) is 23.6. The number of carbonyl (C=O) groups is 2. The van der Waals surface area contributed by atoms with Crippen LogP contribution in [0.15, 0.2) is 66.0 Å². The third-order valence-corrected chi connectivity index (χ3v) is 7.37. The number of anilines is 1. The Bertz CT molecular complexity index is 1450. The summed E-state index contributed by atoms with van der Waals surface area (Å²) in [6.45, 7) is 3.62. The van der Waals surface area contributed by atoms with Gasteiger partial charge in [-0.2, -0.15) is 5.26 Å². The van der Waals surface area contributed by atoms with Crippen molar-refractivity contribution in [1.29, 1.82) is 5.26 Å². The van der Waals surface area contributed by atoms with Gasteiger partial charge in [-0.15, -0.1) is 11.3 Å². The molecule has 0 spiro atoms. The molecule has 0 radical (unpaired) electrons. The molecule has 1 aliphatic heterocycles. The molecule has 1 aliphatic rings. The zero-order valence-electron chi connectivity index (χ0n) is 19.6. The molecule has 0 aliphatic carbocycles. The molecule has 3 amide bonds. The van der Waals surface area contributed by atoms with Crippen molar-refractivity contribution in [2.24, 2.45) is 0 Å². The molecule has 7 nitrogen and oxygen atoms in total. The fraction of sp³-hybridized carbons (Fsp3) is 0.222. The molecule has 182 valence electrons. The zero-order valence-corrected chi connectivity index (χ0v) is 20.5. The van der Waals surface area contributed by atoms with Crippen molar-refractivity contribution in [1.82, 2.24) is 14.4 Å². The van der Waals surface area contributed by atoms with Gasteiger partial charge in [-0.3, -0.25) is 4.79 Å². The van der Waals surface area contributed by atoms with Gasteiger partial charge in [-0.25, -0.2) is 9.18 Å². The number of hydrogen-bond donors (Lipinski definition) is 1. The number of aromatic nitrogens is 1. The summed E-state index contributed by atoms with van der Waals surface area (Å²) in [6, 6.07) is 18.6. The SMILES string of the molecule is CC1CN(C(=O)c2cc3ccsc3n2Cc2ccc(F)cc2)CCN1C(=O)Nc1ccc(C#N)cc1. The number of piperazine rings is 1. The molecule has 3 heterocycles. The van der Waals surface area contributed by atoms with E-state index in [1.54, 1.807) is 57.5 Å². The lowest BCUT2D eigenvalue weighted by atomic mass is 10.1. The lowest BCUT2D eigenvalue weighted by molar-refractivity contribution is 0.0583. The van der Waals surface area contributed by atoms with Crippen LogP contribution in [0.3, 0.4) is 0 Å². The Labute approximate surface area is 212 Å². The molecule has 0 saturated carbocycles. The van der Waals surface area contributed by atoms with E-state index in [-0.39, 0.29) is 23.8 Å². The summed E-state index contributed by atoms with van der Waals surface area (Å²) in [6.07, 6.45) is 0. The van der Waals surface area contributed by atoms with Crippen molar-refractivity contribution in [2.75, 3.05) is 25.0 Å². The largest absolute Gasteiger partial charge is 0.334 e. The Morgan fingerprint density at radius 3 is 2.56 bits per heavy atom. The highest BCUT2D eigenvalue weighted by Gasteiger charge is 2.32. The molecular formula is C27H24FN5O2S. The third kappa shape index (κ3) is 4.68. The van der Waals surface area contributed by atoms with E-state index in [4.69, 9.17) is 5.26 Å². The van der Waals surface area contributed by atoms with E-state index >= 15 is 0 Å². The van der Waals surface area contributed by atoms with E-state index in [0.29, 0.717) is 43.1 Å². The van der Waals surface area contributed by atoms with Crippen LogP contribution in [0.2, 0.25) is 0 Å². The van der Waals surface area contributed by atoms with Crippen molar-refractivity contribution in [3.8, 4) is 6.07 Å². The smallest absolute Gasteiger partial charge is 0.322 e. The Morgan fingerprint density at radius 2 is 1.86 bits per heavy atom. The summed E-state index contributed by atoms with van der Waals surface area (Å²) in [4.78, 5) is 31.0. The van der Waals surface area contributed by atoms with E-state index in [1.807, 2.05) is 29.0 Å². The standard InChI is InChI=1S/C27H24FN5O2S/c1-18-16-31(11-12-32(18)27(35)30-23-8-4-19(15-29)5-9-23)25(34)24-14-21-10-13-36-26(21)33(24)17-20-2-6-22(28)7-3-20/h2-10,13-14,18H,11-12,16-17H2,1H3,(H,30,35). The highest BCUT2D eigenvalue weighted by Crippen LogP contribution is 2.28. The maximum absolute atomic E-state index is 13.6. The Morgan fingerprint density at radius 1 is 1.11 bits per heavy atom. The van der Waals surface area contributed by atoms with E-state index in [2.05, 4.69) is 11.4 Å². The number of nitrogens with one attached hydrogen (secondary N) is 1. The lowest BCUT2D eigenvalue weighted by Crippen LogP contribution is -2.56. The highest BCUT2D eigenvalue weighted by molar-refractivity contribution is 7.16. The molecule has 2 aromatic heterocycles. The van der Waals surface area contributed by atoms with Gasteiger partial charge in [-0.05, 0) is 66.4 Å². The fourth-order valence-corrected chi connectivity index (χ4v) is 5.41. The van der Waals surface area contributed by atoms with Crippen molar-refractivity contribution in [3.63, 3.8) is 0 Å². The molecule has 9 heteroatoms. The number of carbonyl (C=O) groups excluding carboxylic acids is 2. The monoisotopic (exact) mass is 501 g/mol. The van der Waals surface area contributed by atoms with Crippen LogP contribution in [0, 0.1) is 17.1 Å². The van der Waals surface area contributed by atoms with Crippen molar-refractivity contribution < 1.29 is 14.0 Å². The number of nitriles is 1. The second-order valence-electron chi connectivity index (χ2n) is 8.84. The van der Waals surface area contributed by atoms with Crippen LogP contribution in [-0.2, 0) is 6.54 Å². The second kappa shape index (κ2) is 9.84. The quantitative estimate of drug-likeness (QED) is 0.420. The number of amides is 3. The molecule has 1 unspecified atom stereocenters. The second-order valence-corrected chi connectivity index (χ2v) is 9.73. The topological polar surface area (TPSA) is 81.4 Å². The predicted octanol–water partition coefficient (Wildman–Crippen LogP) is 5.14. The van der Waals surface area contributed by atoms with Crippen molar-refractivity contribution >= 4 is 39.2 Å². The Balaban J connectivity index is 1.30. The average molecular weight is 502 g/mol. The lowest BCUT2D eigenvalue weighted by Gasteiger charge is -2.39. The van der Waals surface area contributed by atoms with E-state index in [9.17, 15) is 14.0 Å². The Kier molecular flexibility index (Phi) is 6.44. The van der Waals surface area contributed by atoms with Crippen LogP contribution in [0.4, 0.5) is 14.9 Å². The summed E-state index contributed by atoms with van der Waals surface area (Å²) < 4.78 is 15.4. The van der Waals surface area contributed by atoms with E-state index in [0.717, 1.165) is 15.8 Å². The first-order chi connectivity index (χ1) is 17.4. The van der Waals surface area contributed by atoms with Gasteiger partial charge >= 0.3 is 6.03 Å². The molecule has 2 aromatic carbocycles. The maximum atomic E-state index is 13.6. The zero-order chi connectivity index (χ0) is 25.2. The third-order valence-electron chi connectivity index (χ3n) is 6.42. The van der Waals surface area contributed by atoms with Gasteiger partial charge in [-0.1, -0.05) is 12.1 Å². The van der Waals surface area contributed by atoms with Crippen molar-refractivity contribution in [2.45, 2.75) is 19.5 Å². The van der Waals surface area contributed by atoms with Crippen LogP contribution in [0.25, 0.3) is 10.2 Å². The molecule has 1 atom stereocenters. The molecule has 1 saturated heterocycles. The van der Waals surface area contributed by atoms with Crippen LogP contribution in [0.1, 0.15) is 28.5 Å². The first-order valence-electron chi connectivity index (χ1n) is 11.6. The molecule has 5 rings (SSSR count). The number of rotatable bonds is 4. The number of nitrogens with zero attached hydrogens (tertiary/aromatic N) is 4. The van der Waals surface area contributed by atoms with Crippen LogP contribution in [0.5, 0.6) is 0 Å². The number of halogens is 1. The minimum Gasteiger partial charge on any atom is -0.334 e. The first-order valence-corrected chi connectivity index (χ1v) is 12.5. The number of urea groups is 1. The summed E-state index contributed by atoms with van der Waals surface area (Å²) in [5.41, 5.74) is 2.64. The molecular weight excluding hydrogens is 477 g/mol. The molecule has 1 N–H and O–H groups in total. The molecule has 0 bridgehead atoms. The van der Waals surface area contributed by atoms with Gasteiger partial charge in [0.25, 0.3) is 5.91 Å². The number of hydrogen-bond acceptors (Lipinski definition) is 4. The number of fused-ring (bicyclic) bond motifs is 1. The maximum Gasteiger partial charge on any atom is 0.322 e. The normalized spacial score (nSPS) is 15.6. The minimum atomic E-state index is -0.293. The van der Waals surface area contributed by atoms with Gasteiger partial charge in [0, 0.05) is 43.3 Å². The summed E-state index contributed by atoms with van der Waals surface area (Å²) in [5, 5.41) is 14.8.